The first-order valence-electron chi connectivity index (χ1n) is 13.7. The molecule has 0 spiro atoms. The number of para-hydroxylation sites is 2. The number of hydrogen-bond donors (Lipinski definition) is 2. The first-order chi connectivity index (χ1) is 19.8. The second-order valence-electron chi connectivity index (χ2n) is 10.3. The molecule has 2 N–H and O–H groups in total. The maximum Gasteiger partial charge on any atom is 0.296 e. The van der Waals surface area contributed by atoms with E-state index in [0.717, 1.165) is 0 Å². The lowest BCUT2D eigenvalue weighted by Crippen LogP contribution is -2.60. The van der Waals surface area contributed by atoms with Gasteiger partial charge in [0, 0.05) is 44.3 Å². The lowest BCUT2D eigenvalue weighted by atomic mass is 10.1. The molecule has 2 saturated heterocycles. The molecule has 2 fully saturated rings. The van der Waals surface area contributed by atoms with E-state index in [2.05, 4.69) is 25.4 Å². The summed E-state index contributed by atoms with van der Waals surface area (Å²) in [6.07, 6.45) is -2.83. The van der Waals surface area contributed by atoms with Crippen molar-refractivity contribution in [3.63, 3.8) is 0 Å². The minimum atomic E-state index is -2.83. The van der Waals surface area contributed by atoms with Crippen molar-refractivity contribution in [1.82, 2.24) is 35.1 Å². The van der Waals surface area contributed by atoms with Gasteiger partial charge in [-0.3, -0.25) is 14.2 Å². The third kappa shape index (κ3) is 6.07. The predicted octanol–water partition coefficient (Wildman–Crippen LogP) is 1.35. The molecular formula is C27H35F2N9O3. The molecule has 5 rings (SSSR count). The van der Waals surface area contributed by atoms with Crippen molar-refractivity contribution >= 4 is 34.5 Å². The number of piperazine rings is 1. The summed E-state index contributed by atoms with van der Waals surface area (Å²) in [5, 5.41) is 5.40. The molecule has 0 bridgehead atoms. The molecule has 14 heteroatoms. The average molecular weight is 572 g/mol. The van der Waals surface area contributed by atoms with Gasteiger partial charge in [0.05, 0.1) is 37.3 Å². The number of fused-ring (bicyclic) bond motifs is 1. The fourth-order valence-corrected chi connectivity index (χ4v) is 5.30. The highest BCUT2D eigenvalue weighted by Crippen LogP contribution is 2.31. The SMILES string of the molecule is CNCC(=O)NCC(=O)N1CC(C)N(c2cc(N3CCOCC3)nc(-n3c(C(F)F)nc4ccccc43)n2)CC1C. The van der Waals surface area contributed by atoms with Gasteiger partial charge in [0.15, 0.2) is 5.82 Å². The van der Waals surface area contributed by atoms with Gasteiger partial charge in [-0.25, -0.2) is 13.8 Å². The Balaban J connectivity index is 1.49. The van der Waals surface area contributed by atoms with E-state index in [-0.39, 0.29) is 42.9 Å². The van der Waals surface area contributed by atoms with Crippen LogP contribution in [-0.4, -0.2) is 108 Å². The largest absolute Gasteiger partial charge is 0.378 e. The Kier molecular flexibility index (Phi) is 8.59. The Morgan fingerprint density at radius 3 is 2.49 bits per heavy atom. The van der Waals surface area contributed by atoms with E-state index < -0.39 is 12.2 Å². The first-order valence-corrected chi connectivity index (χ1v) is 13.7. The number of nitrogens with one attached hydrogen (secondary N) is 2. The molecule has 0 saturated carbocycles. The van der Waals surface area contributed by atoms with Crippen LogP contribution in [0.2, 0.25) is 0 Å². The molecule has 0 aliphatic carbocycles. The van der Waals surface area contributed by atoms with Crippen LogP contribution >= 0.6 is 0 Å². The van der Waals surface area contributed by atoms with Crippen molar-refractivity contribution in [2.45, 2.75) is 32.4 Å². The Morgan fingerprint density at radius 2 is 1.76 bits per heavy atom. The molecule has 3 aromatic rings. The molecule has 2 unspecified atom stereocenters. The Hall–Kier alpha value is -3.91. The van der Waals surface area contributed by atoms with E-state index in [1.807, 2.05) is 19.9 Å². The number of likely N-dealkylation sites (N-methyl/N-ethyl adjacent to an activating group) is 1. The number of rotatable bonds is 8. The van der Waals surface area contributed by atoms with Gasteiger partial charge in [0.25, 0.3) is 6.43 Å². The Bertz CT molecular complexity index is 1400. The topological polar surface area (TPSA) is 121 Å². The molecule has 220 valence electrons. The zero-order chi connectivity index (χ0) is 29.1. The van der Waals surface area contributed by atoms with Crippen molar-refractivity contribution in [1.29, 1.82) is 0 Å². The minimum Gasteiger partial charge on any atom is -0.378 e. The van der Waals surface area contributed by atoms with Gasteiger partial charge in [-0.1, -0.05) is 12.1 Å². The van der Waals surface area contributed by atoms with Crippen LogP contribution < -0.4 is 20.4 Å². The molecule has 12 nitrogen and oxygen atoms in total. The number of aromatic nitrogens is 4. The normalized spacial score (nSPS) is 19.7. The van der Waals surface area contributed by atoms with Crippen LogP contribution in [0.3, 0.4) is 0 Å². The minimum absolute atomic E-state index is 0.0828. The molecule has 2 aliphatic heterocycles. The smallest absolute Gasteiger partial charge is 0.296 e. The fraction of sp³-hybridized carbons (Fsp3) is 0.519. The van der Waals surface area contributed by atoms with Gasteiger partial charge < -0.3 is 30.1 Å². The van der Waals surface area contributed by atoms with Gasteiger partial charge in [-0.15, -0.1) is 0 Å². The number of carbonyl (C=O) groups excluding carboxylic acids is 2. The molecule has 0 radical (unpaired) electrons. The van der Waals surface area contributed by atoms with Crippen LogP contribution in [0.4, 0.5) is 20.4 Å². The molecule has 41 heavy (non-hydrogen) atoms. The summed E-state index contributed by atoms with van der Waals surface area (Å²) in [5.41, 5.74) is 0.922. The number of halogens is 2. The number of morpholine rings is 1. The molecule has 2 atom stereocenters. The van der Waals surface area contributed by atoms with Crippen LogP contribution in [0.25, 0.3) is 17.0 Å². The highest BCUT2D eigenvalue weighted by Gasteiger charge is 2.34. The van der Waals surface area contributed by atoms with E-state index in [1.54, 1.807) is 36.2 Å². The molecule has 2 aromatic heterocycles. The van der Waals surface area contributed by atoms with Gasteiger partial charge in [-0.2, -0.15) is 9.97 Å². The first kappa shape index (κ1) is 28.6. The summed E-state index contributed by atoms with van der Waals surface area (Å²) in [4.78, 5) is 44.4. The molecule has 2 aliphatic rings. The highest BCUT2D eigenvalue weighted by molar-refractivity contribution is 5.86. The Morgan fingerprint density at radius 1 is 1.02 bits per heavy atom. The highest BCUT2D eigenvalue weighted by atomic mass is 19.3. The van der Waals surface area contributed by atoms with E-state index >= 15 is 0 Å². The van der Waals surface area contributed by atoms with Gasteiger partial charge in [-0.05, 0) is 33.0 Å². The van der Waals surface area contributed by atoms with E-state index in [9.17, 15) is 18.4 Å². The summed E-state index contributed by atoms with van der Waals surface area (Å²) >= 11 is 0. The summed E-state index contributed by atoms with van der Waals surface area (Å²) in [5.74, 6) is 0.448. The third-order valence-corrected chi connectivity index (χ3v) is 7.38. The standard InChI is InChI=1S/C27H35F2N9O3/c1-17-16-37(24(40)14-31-23(39)13-30-3)18(2)15-36(17)22-12-21(35-8-10-41-11-9-35)33-27(34-22)38-20-7-5-4-6-19(20)32-26(38)25(28)29/h4-7,12,17-18,25,30H,8-11,13-16H2,1-3H3,(H,31,39). The average Bonchev–Trinajstić information content (AvgIpc) is 3.37. The summed E-state index contributed by atoms with van der Waals surface area (Å²) < 4.78 is 35.3. The summed E-state index contributed by atoms with van der Waals surface area (Å²) in [6, 6.07) is 8.47. The maximum atomic E-state index is 14.2. The quantitative estimate of drug-likeness (QED) is 0.413. The lowest BCUT2D eigenvalue weighted by molar-refractivity contribution is -0.135. The molecule has 1 aromatic carbocycles. The number of imidazole rings is 1. The monoisotopic (exact) mass is 571 g/mol. The van der Waals surface area contributed by atoms with Crippen molar-refractivity contribution in [2.24, 2.45) is 0 Å². The van der Waals surface area contributed by atoms with Crippen LogP contribution in [0.1, 0.15) is 26.1 Å². The summed E-state index contributed by atoms with van der Waals surface area (Å²) in [6.45, 7) is 7.12. The fourth-order valence-electron chi connectivity index (χ4n) is 5.30. The number of alkyl halides is 2. The third-order valence-electron chi connectivity index (χ3n) is 7.38. The number of hydrogen-bond acceptors (Lipinski definition) is 9. The van der Waals surface area contributed by atoms with E-state index in [0.29, 0.717) is 62.1 Å². The number of benzene rings is 1. The van der Waals surface area contributed by atoms with Gasteiger partial charge in [0.1, 0.15) is 11.6 Å². The van der Waals surface area contributed by atoms with Gasteiger partial charge in [0.2, 0.25) is 17.8 Å². The number of amides is 2. The number of carbonyl (C=O) groups is 2. The molecule has 4 heterocycles. The Labute approximate surface area is 236 Å². The van der Waals surface area contributed by atoms with Crippen molar-refractivity contribution < 1.29 is 23.1 Å². The van der Waals surface area contributed by atoms with Crippen LogP contribution in [0.15, 0.2) is 30.3 Å². The lowest BCUT2D eigenvalue weighted by Gasteiger charge is -2.45. The molecular weight excluding hydrogens is 536 g/mol. The zero-order valence-corrected chi connectivity index (χ0v) is 23.4. The van der Waals surface area contributed by atoms with Crippen LogP contribution in [0.5, 0.6) is 0 Å². The van der Waals surface area contributed by atoms with E-state index in [1.165, 1.54) is 4.57 Å². The zero-order valence-electron chi connectivity index (χ0n) is 23.4. The predicted molar refractivity (Wildman–Crippen MR) is 150 cm³/mol. The second-order valence-corrected chi connectivity index (χ2v) is 10.3. The second kappa shape index (κ2) is 12.3. The van der Waals surface area contributed by atoms with Gasteiger partial charge >= 0.3 is 0 Å². The van der Waals surface area contributed by atoms with Crippen LogP contribution in [-0.2, 0) is 14.3 Å². The van der Waals surface area contributed by atoms with E-state index in [4.69, 9.17) is 14.7 Å². The molecule has 2 amide bonds. The van der Waals surface area contributed by atoms with Crippen molar-refractivity contribution in [3.8, 4) is 5.95 Å². The maximum absolute atomic E-state index is 14.2. The number of nitrogens with zero attached hydrogens (tertiary/aromatic N) is 7. The number of anilines is 2. The van der Waals surface area contributed by atoms with Crippen molar-refractivity contribution in [3.05, 3.63) is 36.2 Å². The summed E-state index contributed by atoms with van der Waals surface area (Å²) in [7, 11) is 1.66. The van der Waals surface area contributed by atoms with Crippen LogP contribution in [0, 0.1) is 0 Å². The number of ether oxygens (including phenoxy) is 1. The van der Waals surface area contributed by atoms with Crippen molar-refractivity contribution in [2.75, 3.05) is 69.3 Å².